The molecule has 0 saturated carbocycles. The molecule has 1 aliphatic heterocycles. The molecule has 0 radical (unpaired) electrons. The van der Waals surface area contributed by atoms with Gasteiger partial charge in [0.25, 0.3) is 0 Å². The summed E-state index contributed by atoms with van der Waals surface area (Å²) in [5, 5.41) is 9.23. The number of ether oxygens (including phenoxy) is 1. The summed E-state index contributed by atoms with van der Waals surface area (Å²) in [6.45, 7) is 4.25. The minimum Gasteiger partial charge on any atom is -0.386 e. The van der Waals surface area contributed by atoms with Gasteiger partial charge in [-0.25, -0.2) is 0 Å². The van der Waals surface area contributed by atoms with Crippen LogP contribution in [0.1, 0.15) is 0 Å². The van der Waals surface area contributed by atoms with E-state index >= 15 is 0 Å². The Kier molecular flexibility index (Phi) is 3.25. The first-order valence-corrected chi connectivity index (χ1v) is 4.50. The summed E-state index contributed by atoms with van der Waals surface area (Å²) in [5.74, 6) is 1.92. The molecular formula is C7H12O2S. The Morgan fingerprint density at radius 2 is 2.60 bits per heavy atom. The van der Waals surface area contributed by atoms with Crippen LogP contribution in [-0.4, -0.2) is 35.4 Å². The zero-order valence-electron chi connectivity index (χ0n) is 5.82. The van der Waals surface area contributed by atoms with Gasteiger partial charge in [-0.2, -0.15) is 11.8 Å². The maximum Gasteiger partial charge on any atom is 0.0988 e. The Hall–Kier alpha value is 0.01000. The van der Waals surface area contributed by atoms with Crippen molar-refractivity contribution in [3.8, 4) is 0 Å². The van der Waals surface area contributed by atoms with Gasteiger partial charge in [-0.15, -0.1) is 6.58 Å². The Labute approximate surface area is 65.3 Å². The summed E-state index contributed by atoms with van der Waals surface area (Å²) in [4.78, 5) is 0. The van der Waals surface area contributed by atoms with Gasteiger partial charge in [0.05, 0.1) is 18.8 Å². The zero-order valence-corrected chi connectivity index (χ0v) is 6.64. The predicted octanol–water partition coefficient (Wildman–Crippen LogP) is 0.665. The van der Waals surface area contributed by atoms with Crippen molar-refractivity contribution in [2.24, 2.45) is 0 Å². The molecule has 1 aliphatic rings. The molecule has 0 bridgehead atoms. The molecule has 1 saturated heterocycles. The third-order valence-electron chi connectivity index (χ3n) is 1.46. The molecule has 2 unspecified atom stereocenters. The number of aliphatic hydroxyl groups excluding tert-OH is 1. The van der Waals surface area contributed by atoms with E-state index in [1.165, 1.54) is 6.08 Å². The van der Waals surface area contributed by atoms with Gasteiger partial charge >= 0.3 is 0 Å². The predicted molar refractivity (Wildman–Crippen MR) is 43.3 cm³/mol. The second-order valence-electron chi connectivity index (χ2n) is 2.21. The van der Waals surface area contributed by atoms with Crippen molar-refractivity contribution in [1.29, 1.82) is 0 Å². The van der Waals surface area contributed by atoms with Gasteiger partial charge in [-0.05, 0) is 0 Å². The zero-order chi connectivity index (χ0) is 7.40. The molecule has 2 nitrogen and oxygen atoms in total. The Morgan fingerprint density at radius 1 is 1.80 bits per heavy atom. The lowest BCUT2D eigenvalue weighted by Crippen LogP contribution is -2.33. The van der Waals surface area contributed by atoms with E-state index < -0.39 is 6.10 Å². The van der Waals surface area contributed by atoms with E-state index in [9.17, 15) is 5.11 Å². The monoisotopic (exact) mass is 160 g/mol. The molecule has 3 heteroatoms. The molecule has 0 aromatic rings. The van der Waals surface area contributed by atoms with Gasteiger partial charge < -0.3 is 9.84 Å². The smallest absolute Gasteiger partial charge is 0.0988 e. The van der Waals surface area contributed by atoms with E-state index in [1.54, 1.807) is 0 Å². The average molecular weight is 160 g/mol. The lowest BCUT2D eigenvalue weighted by atomic mass is 10.2. The molecule has 0 amide bonds. The summed E-state index contributed by atoms with van der Waals surface area (Å²) < 4.78 is 5.29. The molecule has 2 atom stereocenters. The topological polar surface area (TPSA) is 29.5 Å². The van der Waals surface area contributed by atoms with Crippen LogP contribution in [0.4, 0.5) is 0 Å². The van der Waals surface area contributed by atoms with E-state index in [0.717, 1.165) is 18.1 Å². The van der Waals surface area contributed by atoms with Crippen molar-refractivity contribution in [3.63, 3.8) is 0 Å². The van der Waals surface area contributed by atoms with Gasteiger partial charge in [0.1, 0.15) is 0 Å². The molecule has 58 valence electrons. The highest BCUT2D eigenvalue weighted by Crippen LogP contribution is 2.15. The quantitative estimate of drug-likeness (QED) is 0.602. The van der Waals surface area contributed by atoms with Crippen molar-refractivity contribution in [1.82, 2.24) is 0 Å². The van der Waals surface area contributed by atoms with Crippen molar-refractivity contribution in [2.75, 3.05) is 18.1 Å². The maximum absolute atomic E-state index is 9.23. The first kappa shape index (κ1) is 8.11. The highest BCUT2D eigenvalue weighted by Gasteiger charge is 2.19. The van der Waals surface area contributed by atoms with Crippen LogP contribution < -0.4 is 0 Å². The Balaban J connectivity index is 2.30. The van der Waals surface area contributed by atoms with Crippen molar-refractivity contribution in [3.05, 3.63) is 12.7 Å². The summed E-state index contributed by atoms with van der Waals surface area (Å²) in [5.41, 5.74) is 0. The van der Waals surface area contributed by atoms with Gasteiger partial charge in [0.2, 0.25) is 0 Å². The number of thioether (sulfide) groups is 1. The molecule has 0 aromatic carbocycles. The number of rotatable bonds is 2. The standard InChI is InChI=1S/C7H12O2S/c1-2-6(8)7-5-10-4-3-9-7/h2,6-8H,1,3-5H2. The van der Waals surface area contributed by atoms with E-state index in [-0.39, 0.29) is 6.10 Å². The van der Waals surface area contributed by atoms with E-state index in [0.29, 0.717) is 0 Å². The molecule has 0 spiro atoms. The molecule has 1 fully saturated rings. The Bertz CT molecular complexity index is 110. The van der Waals surface area contributed by atoms with Crippen molar-refractivity contribution in [2.45, 2.75) is 12.2 Å². The number of hydrogen-bond donors (Lipinski definition) is 1. The summed E-state index contributed by atoms with van der Waals surface area (Å²) in [6, 6.07) is 0. The molecule has 1 heterocycles. The second-order valence-corrected chi connectivity index (χ2v) is 3.36. The van der Waals surface area contributed by atoms with Crippen LogP contribution in [0, 0.1) is 0 Å². The van der Waals surface area contributed by atoms with E-state index in [4.69, 9.17) is 4.74 Å². The molecule has 1 rings (SSSR count). The third-order valence-corrected chi connectivity index (χ3v) is 2.48. The summed E-state index contributed by atoms with van der Waals surface area (Å²) >= 11 is 1.81. The fraction of sp³-hybridized carbons (Fsp3) is 0.714. The number of hydrogen-bond acceptors (Lipinski definition) is 3. The van der Waals surface area contributed by atoms with Gasteiger partial charge in [-0.1, -0.05) is 6.08 Å². The Morgan fingerprint density at radius 3 is 3.10 bits per heavy atom. The van der Waals surface area contributed by atoms with Crippen molar-refractivity contribution < 1.29 is 9.84 Å². The first-order valence-electron chi connectivity index (χ1n) is 3.34. The molecular weight excluding hydrogens is 148 g/mol. The largest absolute Gasteiger partial charge is 0.386 e. The van der Waals surface area contributed by atoms with Gasteiger partial charge in [-0.3, -0.25) is 0 Å². The van der Waals surface area contributed by atoms with Crippen LogP contribution >= 0.6 is 11.8 Å². The fourth-order valence-corrected chi connectivity index (χ4v) is 1.76. The van der Waals surface area contributed by atoms with Crippen LogP contribution in [0.2, 0.25) is 0 Å². The molecule has 10 heavy (non-hydrogen) atoms. The number of aliphatic hydroxyl groups is 1. The van der Waals surface area contributed by atoms with E-state index in [1.807, 2.05) is 11.8 Å². The SMILES string of the molecule is C=CC(O)C1CSCCO1. The van der Waals surface area contributed by atoms with Crippen molar-refractivity contribution >= 4 is 11.8 Å². The molecule has 0 aromatic heterocycles. The van der Waals surface area contributed by atoms with Crippen LogP contribution in [0.5, 0.6) is 0 Å². The third kappa shape index (κ3) is 2.01. The normalized spacial score (nSPS) is 29.5. The molecule has 0 aliphatic carbocycles. The fourth-order valence-electron chi connectivity index (χ4n) is 0.855. The average Bonchev–Trinajstić information content (AvgIpc) is 2.05. The highest BCUT2D eigenvalue weighted by molar-refractivity contribution is 7.99. The summed E-state index contributed by atoms with van der Waals surface area (Å²) in [6.07, 6.45) is 1.00. The second kappa shape index (κ2) is 4.01. The van der Waals surface area contributed by atoms with Gasteiger partial charge in [0.15, 0.2) is 0 Å². The minimum atomic E-state index is -0.493. The first-order chi connectivity index (χ1) is 4.84. The summed E-state index contributed by atoms with van der Waals surface area (Å²) in [7, 11) is 0. The van der Waals surface area contributed by atoms with Crippen LogP contribution in [0.25, 0.3) is 0 Å². The minimum absolute atomic E-state index is 0.0313. The van der Waals surface area contributed by atoms with E-state index in [2.05, 4.69) is 6.58 Å². The molecule has 1 N–H and O–H groups in total. The van der Waals surface area contributed by atoms with Crippen LogP contribution in [-0.2, 0) is 4.74 Å². The van der Waals surface area contributed by atoms with Gasteiger partial charge in [0, 0.05) is 11.5 Å². The lowest BCUT2D eigenvalue weighted by molar-refractivity contribution is 0.000137. The lowest BCUT2D eigenvalue weighted by Gasteiger charge is -2.24. The van der Waals surface area contributed by atoms with Crippen LogP contribution in [0.3, 0.4) is 0 Å². The maximum atomic E-state index is 9.23. The highest BCUT2D eigenvalue weighted by atomic mass is 32.2. The van der Waals surface area contributed by atoms with Crippen LogP contribution in [0.15, 0.2) is 12.7 Å².